The number of nitrogens with one attached hydrogen (secondary N) is 2. The van der Waals surface area contributed by atoms with Gasteiger partial charge in [-0.05, 0) is 55.3 Å². The third-order valence-corrected chi connectivity index (χ3v) is 5.99. The van der Waals surface area contributed by atoms with E-state index in [4.69, 9.17) is 0 Å². The Morgan fingerprint density at radius 1 is 1.00 bits per heavy atom. The van der Waals surface area contributed by atoms with Crippen molar-refractivity contribution in [2.75, 3.05) is 11.9 Å². The van der Waals surface area contributed by atoms with Crippen molar-refractivity contribution in [3.05, 3.63) is 113 Å². The minimum Gasteiger partial charge on any atom is -0.394 e. The van der Waals surface area contributed by atoms with Gasteiger partial charge < -0.3 is 10.4 Å². The molecule has 200 valence electrons. The Labute approximate surface area is 223 Å². The van der Waals surface area contributed by atoms with E-state index in [1.54, 1.807) is 18.2 Å². The van der Waals surface area contributed by atoms with Crippen molar-refractivity contribution in [1.29, 1.82) is 5.26 Å². The number of benzene rings is 3. The van der Waals surface area contributed by atoms with Gasteiger partial charge in [0.25, 0.3) is 5.91 Å². The van der Waals surface area contributed by atoms with Crippen LogP contribution in [0.15, 0.2) is 84.9 Å². The summed E-state index contributed by atoms with van der Waals surface area (Å²) >= 11 is 0. The fourth-order valence-electron chi connectivity index (χ4n) is 4.02. The average molecular weight is 534 g/mol. The first-order valence-corrected chi connectivity index (χ1v) is 12.0. The largest absolute Gasteiger partial charge is 0.435 e. The van der Waals surface area contributed by atoms with Gasteiger partial charge in [0.2, 0.25) is 0 Å². The molecule has 3 N–H and O–H groups in total. The van der Waals surface area contributed by atoms with Crippen LogP contribution < -0.4 is 10.6 Å². The first kappa shape index (κ1) is 27.6. The summed E-state index contributed by atoms with van der Waals surface area (Å²) < 4.78 is 41.4. The lowest BCUT2D eigenvalue weighted by Gasteiger charge is -2.31. The van der Waals surface area contributed by atoms with Gasteiger partial charge in [0.15, 0.2) is 5.69 Å². The minimum atomic E-state index is -4.78. The van der Waals surface area contributed by atoms with Crippen LogP contribution in [0.5, 0.6) is 0 Å². The van der Waals surface area contributed by atoms with Crippen molar-refractivity contribution >= 4 is 11.6 Å². The van der Waals surface area contributed by atoms with Crippen LogP contribution in [0, 0.1) is 11.3 Å². The summed E-state index contributed by atoms with van der Waals surface area (Å²) in [7, 11) is 0. The van der Waals surface area contributed by atoms with E-state index in [0.29, 0.717) is 11.8 Å². The standard InChI is InChI=1S/C29H26F3N5O2/c1-28(2,18-38)35-26(20-9-4-3-5-10-20)21-11-7-12-22(15-21)34-27(39)24-16-25(29(30,31)32)36-37(24)23-13-6-8-19(14-23)17-33/h3-16,26,35,38H,18H2,1-2H3,(H,34,39). The lowest BCUT2D eigenvalue weighted by Crippen LogP contribution is -2.45. The molecule has 0 spiro atoms. The molecule has 4 rings (SSSR count). The van der Waals surface area contributed by atoms with Crippen molar-refractivity contribution in [1.82, 2.24) is 15.1 Å². The number of rotatable bonds is 8. The summed E-state index contributed by atoms with van der Waals surface area (Å²) in [6.07, 6.45) is -4.78. The maximum atomic E-state index is 13.5. The highest BCUT2D eigenvalue weighted by molar-refractivity contribution is 6.03. The number of amides is 1. The molecule has 0 saturated carbocycles. The zero-order valence-electron chi connectivity index (χ0n) is 21.2. The van der Waals surface area contributed by atoms with Crippen molar-refractivity contribution < 1.29 is 23.1 Å². The van der Waals surface area contributed by atoms with E-state index in [-0.39, 0.29) is 29.6 Å². The second-order valence-electron chi connectivity index (χ2n) is 9.60. The summed E-state index contributed by atoms with van der Waals surface area (Å²) in [5.41, 5.74) is 0.195. The van der Waals surface area contributed by atoms with Crippen molar-refractivity contribution in [3.8, 4) is 11.8 Å². The van der Waals surface area contributed by atoms with E-state index in [2.05, 4.69) is 15.7 Å². The fourth-order valence-corrected chi connectivity index (χ4v) is 4.02. The Morgan fingerprint density at radius 3 is 2.36 bits per heavy atom. The Morgan fingerprint density at radius 2 is 1.69 bits per heavy atom. The van der Waals surface area contributed by atoms with Crippen LogP contribution in [-0.4, -0.2) is 32.9 Å². The molecule has 0 aliphatic rings. The summed E-state index contributed by atoms with van der Waals surface area (Å²) in [4.78, 5) is 13.3. The third-order valence-electron chi connectivity index (χ3n) is 5.99. The van der Waals surface area contributed by atoms with Gasteiger partial charge in [-0.25, -0.2) is 4.68 Å². The topological polar surface area (TPSA) is 103 Å². The molecule has 4 aromatic rings. The molecule has 1 unspecified atom stereocenters. The molecule has 1 amide bonds. The number of carbonyl (C=O) groups is 1. The second kappa shape index (κ2) is 11.1. The molecule has 3 aromatic carbocycles. The predicted molar refractivity (Wildman–Crippen MR) is 140 cm³/mol. The second-order valence-corrected chi connectivity index (χ2v) is 9.60. The summed E-state index contributed by atoms with van der Waals surface area (Å²) in [5.74, 6) is -0.808. The molecule has 0 fully saturated rings. The van der Waals surface area contributed by atoms with Crippen molar-refractivity contribution in [2.45, 2.75) is 31.6 Å². The van der Waals surface area contributed by atoms with E-state index in [1.807, 2.05) is 56.3 Å². The van der Waals surface area contributed by atoms with Crippen molar-refractivity contribution in [3.63, 3.8) is 0 Å². The number of nitrogens with zero attached hydrogens (tertiary/aromatic N) is 3. The monoisotopic (exact) mass is 533 g/mol. The molecule has 0 aliphatic carbocycles. The van der Waals surface area contributed by atoms with Crippen LogP contribution in [0.3, 0.4) is 0 Å². The smallest absolute Gasteiger partial charge is 0.394 e. The van der Waals surface area contributed by atoms with Crippen LogP contribution in [-0.2, 0) is 6.18 Å². The molecule has 1 heterocycles. The number of hydrogen-bond acceptors (Lipinski definition) is 5. The molecule has 10 heteroatoms. The summed E-state index contributed by atoms with van der Waals surface area (Å²) in [6.45, 7) is 3.59. The SMILES string of the molecule is CC(C)(CO)NC(c1ccccc1)c1cccc(NC(=O)c2cc(C(F)(F)F)nn2-c2cccc(C#N)c2)c1. The van der Waals surface area contributed by atoms with Gasteiger partial charge in [0, 0.05) is 17.3 Å². The Kier molecular flexibility index (Phi) is 7.85. The number of alkyl halides is 3. The fraction of sp³-hybridized carbons (Fsp3) is 0.207. The van der Waals surface area contributed by atoms with Gasteiger partial charge in [-0.1, -0.05) is 48.5 Å². The van der Waals surface area contributed by atoms with E-state index in [1.165, 1.54) is 24.3 Å². The maximum absolute atomic E-state index is 13.5. The number of nitriles is 1. The van der Waals surface area contributed by atoms with Gasteiger partial charge in [-0.2, -0.15) is 23.5 Å². The molecule has 1 atom stereocenters. The zero-order valence-corrected chi connectivity index (χ0v) is 21.2. The lowest BCUT2D eigenvalue weighted by atomic mass is 9.94. The molecular weight excluding hydrogens is 507 g/mol. The number of aliphatic hydroxyl groups excluding tert-OH is 1. The van der Waals surface area contributed by atoms with E-state index >= 15 is 0 Å². The number of aromatic nitrogens is 2. The molecule has 0 aliphatic heterocycles. The third kappa shape index (κ3) is 6.52. The van der Waals surface area contributed by atoms with E-state index in [0.717, 1.165) is 15.8 Å². The highest BCUT2D eigenvalue weighted by Gasteiger charge is 2.36. The van der Waals surface area contributed by atoms with Crippen molar-refractivity contribution in [2.24, 2.45) is 0 Å². The Hall–Kier alpha value is -4.46. The molecular formula is C29H26F3N5O2. The molecule has 39 heavy (non-hydrogen) atoms. The summed E-state index contributed by atoms with van der Waals surface area (Å²) in [6, 6.07) is 24.5. The zero-order chi connectivity index (χ0) is 28.2. The Balaban J connectivity index is 1.70. The van der Waals surface area contributed by atoms with Crippen LogP contribution >= 0.6 is 0 Å². The van der Waals surface area contributed by atoms with Crippen LogP contribution in [0.1, 0.15) is 52.8 Å². The molecule has 0 bridgehead atoms. The lowest BCUT2D eigenvalue weighted by molar-refractivity contribution is -0.141. The first-order chi connectivity index (χ1) is 18.5. The van der Waals surface area contributed by atoms with Gasteiger partial charge in [-0.3, -0.25) is 10.1 Å². The van der Waals surface area contributed by atoms with Gasteiger partial charge in [0.1, 0.15) is 5.69 Å². The van der Waals surface area contributed by atoms with E-state index in [9.17, 15) is 28.3 Å². The molecule has 0 radical (unpaired) electrons. The van der Waals surface area contributed by atoms with Crippen LogP contribution in [0.4, 0.5) is 18.9 Å². The minimum absolute atomic E-state index is 0.120. The number of hydrogen-bond donors (Lipinski definition) is 3. The van der Waals surface area contributed by atoms with Gasteiger partial charge in [-0.15, -0.1) is 0 Å². The van der Waals surface area contributed by atoms with Gasteiger partial charge in [0.05, 0.1) is 30.0 Å². The molecule has 1 aromatic heterocycles. The average Bonchev–Trinajstić information content (AvgIpc) is 3.39. The van der Waals surface area contributed by atoms with Gasteiger partial charge >= 0.3 is 6.18 Å². The number of anilines is 1. The van der Waals surface area contributed by atoms with E-state index < -0.39 is 23.3 Å². The number of aliphatic hydroxyl groups is 1. The number of halogens is 3. The predicted octanol–water partition coefficient (Wildman–Crippen LogP) is 5.46. The quantitative estimate of drug-likeness (QED) is 0.279. The number of carbonyl (C=O) groups excluding carboxylic acids is 1. The molecule has 7 nitrogen and oxygen atoms in total. The normalized spacial score (nSPS) is 12.5. The highest BCUT2D eigenvalue weighted by Crippen LogP contribution is 2.31. The van der Waals surface area contributed by atoms with Crippen LogP contribution in [0.25, 0.3) is 5.69 Å². The highest BCUT2D eigenvalue weighted by atomic mass is 19.4. The first-order valence-electron chi connectivity index (χ1n) is 12.0. The summed E-state index contributed by atoms with van der Waals surface area (Å²) in [5, 5.41) is 28.7. The van der Waals surface area contributed by atoms with Crippen LogP contribution in [0.2, 0.25) is 0 Å². The molecule has 0 saturated heterocycles. The maximum Gasteiger partial charge on any atom is 0.435 e. The Bertz CT molecular complexity index is 1510.